The zero-order chi connectivity index (χ0) is 17.5. The Kier molecular flexibility index (Phi) is 6.43. The number of carbonyl (C=O) groups is 2. The molecule has 0 saturated heterocycles. The predicted octanol–water partition coefficient (Wildman–Crippen LogP) is 2.63. The number of aryl methyl sites for hydroxylation is 1. The van der Waals surface area contributed by atoms with Crippen LogP contribution in [0, 0.1) is 0 Å². The molecule has 0 aliphatic rings. The maximum Gasteiger partial charge on any atom is 0.253 e. The third-order valence-corrected chi connectivity index (χ3v) is 4.63. The SMILES string of the molecule is CCN(CC)C(=O)c1ccc(NC(=O)CSc2nccn2C)cc1. The average Bonchev–Trinajstić information content (AvgIpc) is 3.00. The van der Waals surface area contributed by atoms with Crippen LogP contribution >= 0.6 is 11.8 Å². The second kappa shape index (κ2) is 8.54. The van der Waals surface area contributed by atoms with Crippen molar-refractivity contribution in [3.8, 4) is 0 Å². The molecule has 0 fully saturated rings. The maximum atomic E-state index is 12.2. The first-order chi connectivity index (χ1) is 11.5. The number of hydrogen-bond acceptors (Lipinski definition) is 4. The van der Waals surface area contributed by atoms with E-state index in [0.29, 0.717) is 24.3 Å². The van der Waals surface area contributed by atoms with Crippen molar-refractivity contribution in [3.05, 3.63) is 42.2 Å². The van der Waals surface area contributed by atoms with Gasteiger partial charge in [-0.1, -0.05) is 11.8 Å². The molecule has 0 aliphatic heterocycles. The van der Waals surface area contributed by atoms with Crippen molar-refractivity contribution in [1.82, 2.24) is 14.5 Å². The highest BCUT2D eigenvalue weighted by Crippen LogP contribution is 2.16. The summed E-state index contributed by atoms with van der Waals surface area (Å²) in [4.78, 5) is 30.1. The molecule has 0 atom stereocenters. The standard InChI is InChI=1S/C17H22N4O2S/c1-4-21(5-2)16(23)13-6-8-14(9-7-13)19-15(22)12-24-17-18-10-11-20(17)3/h6-11H,4-5,12H2,1-3H3,(H,19,22). The molecule has 1 aromatic carbocycles. The molecular formula is C17H22N4O2S. The average molecular weight is 346 g/mol. The number of aromatic nitrogens is 2. The van der Waals surface area contributed by atoms with Crippen LogP contribution in [0.2, 0.25) is 0 Å². The Bertz CT molecular complexity index is 693. The van der Waals surface area contributed by atoms with Gasteiger partial charge in [0.25, 0.3) is 5.91 Å². The summed E-state index contributed by atoms with van der Waals surface area (Å²) < 4.78 is 1.87. The van der Waals surface area contributed by atoms with Gasteiger partial charge in [-0.2, -0.15) is 0 Å². The molecule has 1 N–H and O–H groups in total. The number of thioether (sulfide) groups is 1. The van der Waals surface area contributed by atoms with Gasteiger partial charge >= 0.3 is 0 Å². The fourth-order valence-electron chi connectivity index (χ4n) is 2.21. The van der Waals surface area contributed by atoms with Crippen LogP contribution in [0.4, 0.5) is 5.69 Å². The number of hydrogen-bond donors (Lipinski definition) is 1. The fourth-order valence-corrected chi connectivity index (χ4v) is 2.94. The summed E-state index contributed by atoms with van der Waals surface area (Å²) in [6.45, 7) is 5.26. The predicted molar refractivity (Wildman–Crippen MR) is 96.3 cm³/mol. The summed E-state index contributed by atoms with van der Waals surface area (Å²) in [5.41, 5.74) is 1.30. The molecule has 0 unspecified atom stereocenters. The van der Waals surface area contributed by atoms with Crippen molar-refractivity contribution >= 4 is 29.3 Å². The zero-order valence-electron chi connectivity index (χ0n) is 14.2. The minimum Gasteiger partial charge on any atom is -0.339 e. The molecule has 1 heterocycles. The lowest BCUT2D eigenvalue weighted by atomic mass is 10.2. The largest absolute Gasteiger partial charge is 0.339 e. The fraction of sp³-hybridized carbons (Fsp3) is 0.353. The molecule has 2 aromatic rings. The lowest BCUT2D eigenvalue weighted by molar-refractivity contribution is -0.113. The van der Waals surface area contributed by atoms with Gasteiger partial charge in [-0.15, -0.1) is 0 Å². The van der Waals surface area contributed by atoms with E-state index < -0.39 is 0 Å². The summed E-state index contributed by atoms with van der Waals surface area (Å²) in [7, 11) is 1.89. The van der Waals surface area contributed by atoms with Crippen LogP contribution in [0.15, 0.2) is 41.8 Å². The van der Waals surface area contributed by atoms with Crippen molar-refractivity contribution < 1.29 is 9.59 Å². The lowest BCUT2D eigenvalue weighted by Gasteiger charge is -2.18. The summed E-state index contributed by atoms with van der Waals surface area (Å²) in [6, 6.07) is 6.98. The smallest absolute Gasteiger partial charge is 0.253 e. The van der Waals surface area contributed by atoms with Crippen LogP contribution in [0.1, 0.15) is 24.2 Å². The Morgan fingerprint density at radius 1 is 1.21 bits per heavy atom. The van der Waals surface area contributed by atoms with E-state index in [0.717, 1.165) is 5.16 Å². The molecule has 1 aromatic heterocycles. The third-order valence-electron chi connectivity index (χ3n) is 3.58. The van der Waals surface area contributed by atoms with Crippen molar-refractivity contribution in [1.29, 1.82) is 0 Å². The lowest BCUT2D eigenvalue weighted by Crippen LogP contribution is -2.30. The first-order valence-electron chi connectivity index (χ1n) is 7.84. The van der Waals surface area contributed by atoms with Crippen LogP contribution in [0.3, 0.4) is 0 Å². The Balaban J connectivity index is 1.90. The number of imidazole rings is 1. The van der Waals surface area contributed by atoms with E-state index in [2.05, 4.69) is 10.3 Å². The monoisotopic (exact) mass is 346 g/mol. The topological polar surface area (TPSA) is 67.2 Å². The van der Waals surface area contributed by atoms with Gasteiger partial charge in [0, 0.05) is 43.8 Å². The van der Waals surface area contributed by atoms with Crippen molar-refractivity contribution in [2.75, 3.05) is 24.2 Å². The first-order valence-corrected chi connectivity index (χ1v) is 8.83. The van der Waals surface area contributed by atoms with E-state index in [4.69, 9.17) is 0 Å². The molecule has 2 rings (SSSR count). The molecule has 0 radical (unpaired) electrons. The summed E-state index contributed by atoms with van der Waals surface area (Å²) in [6.07, 6.45) is 3.54. The van der Waals surface area contributed by atoms with E-state index in [-0.39, 0.29) is 17.6 Å². The van der Waals surface area contributed by atoms with Crippen molar-refractivity contribution in [2.24, 2.45) is 7.05 Å². The summed E-state index contributed by atoms with van der Waals surface area (Å²) >= 11 is 1.38. The van der Waals surface area contributed by atoms with Gasteiger partial charge in [0.15, 0.2) is 5.16 Å². The van der Waals surface area contributed by atoms with E-state index in [1.807, 2.05) is 31.7 Å². The molecule has 0 saturated carbocycles. The van der Waals surface area contributed by atoms with Gasteiger partial charge in [0.05, 0.1) is 5.75 Å². The van der Waals surface area contributed by atoms with Crippen molar-refractivity contribution in [2.45, 2.75) is 19.0 Å². The van der Waals surface area contributed by atoms with Gasteiger partial charge in [-0.3, -0.25) is 9.59 Å². The van der Waals surface area contributed by atoms with Gasteiger partial charge in [0.1, 0.15) is 0 Å². The number of amides is 2. The number of benzene rings is 1. The van der Waals surface area contributed by atoms with E-state index in [1.165, 1.54) is 11.8 Å². The van der Waals surface area contributed by atoms with Crippen LogP contribution in [-0.2, 0) is 11.8 Å². The Hall–Kier alpha value is -2.28. The third kappa shape index (κ3) is 4.61. The zero-order valence-corrected chi connectivity index (χ0v) is 15.0. The van der Waals surface area contributed by atoms with Crippen molar-refractivity contribution in [3.63, 3.8) is 0 Å². The number of anilines is 1. The van der Waals surface area contributed by atoms with Gasteiger partial charge in [0.2, 0.25) is 5.91 Å². The van der Waals surface area contributed by atoms with Crippen LogP contribution in [-0.4, -0.2) is 45.1 Å². The quantitative estimate of drug-likeness (QED) is 0.783. The van der Waals surface area contributed by atoms with Gasteiger partial charge in [-0.05, 0) is 38.1 Å². The van der Waals surface area contributed by atoms with Gasteiger partial charge in [-0.25, -0.2) is 4.98 Å². The second-order valence-electron chi connectivity index (χ2n) is 5.21. The Labute approximate surface area is 146 Å². The van der Waals surface area contributed by atoms with Crippen LogP contribution in [0.5, 0.6) is 0 Å². The number of rotatable bonds is 7. The highest BCUT2D eigenvalue weighted by Gasteiger charge is 2.12. The maximum absolute atomic E-state index is 12.2. The second-order valence-corrected chi connectivity index (χ2v) is 6.15. The molecule has 7 heteroatoms. The number of carbonyl (C=O) groups excluding carboxylic acids is 2. The normalized spacial score (nSPS) is 10.5. The van der Waals surface area contributed by atoms with Gasteiger partial charge < -0.3 is 14.8 Å². The minimum absolute atomic E-state index is 0.00298. The highest BCUT2D eigenvalue weighted by atomic mass is 32.2. The molecule has 0 spiro atoms. The summed E-state index contributed by atoms with van der Waals surface area (Å²) in [5.74, 6) is 0.180. The van der Waals surface area contributed by atoms with E-state index in [1.54, 1.807) is 35.4 Å². The molecule has 0 aliphatic carbocycles. The summed E-state index contributed by atoms with van der Waals surface area (Å²) in [5, 5.41) is 3.62. The van der Waals surface area contributed by atoms with E-state index in [9.17, 15) is 9.59 Å². The molecule has 128 valence electrons. The van der Waals surface area contributed by atoms with Crippen LogP contribution < -0.4 is 5.32 Å². The first kappa shape index (κ1) is 18.1. The van der Waals surface area contributed by atoms with Crippen LogP contribution in [0.25, 0.3) is 0 Å². The Morgan fingerprint density at radius 3 is 2.42 bits per heavy atom. The molecule has 0 bridgehead atoms. The highest BCUT2D eigenvalue weighted by molar-refractivity contribution is 7.99. The molecule has 6 nitrogen and oxygen atoms in total. The molecular weight excluding hydrogens is 324 g/mol. The minimum atomic E-state index is -0.106. The number of nitrogens with one attached hydrogen (secondary N) is 1. The number of nitrogens with zero attached hydrogens (tertiary/aromatic N) is 3. The Morgan fingerprint density at radius 2 is 1.88 bits per heavy atom. The molecule has 24 heavy (non-hydrogen) atoms. The molecule has 2 amide bonds. The van der Waals surface area contributed by atoms with E-state index >= 15 is 0 Å².